The molecule has 2 atom stereocenters. The van der Waals surface area contributed by atoms with E-state index in [0.29, 0.717) is 6.42 Å². The van der Waals surface area contributed by atoms with Crippen molar-refractivity contribution in [3.8, 4) is 5.75 Å². The van der Waals surface area contributed by atoms with E-state index in [1.165, 1.54) is 23.8 Å². The molecule has 0 aromatic heterocycles. The Labute approximate surface area is 173 Å². The van der Waals surface area contributed by atoms with Crippen molar-refractivity contribution >= 4 is 15.7 Å². The molecule has 3 rings (SSSR count). The third-order valence-corrected chi connectivity index (χ3v) is 6.59. The summed E-state index contributed by atoms with van der Waals surface area (Å²) in [5.41, 5.74) is 3.41. The van der Waals surface area contributed by atoms with Crippen LogP contribution >= 0.6 is 0 Å². The van der Waals surface area contributed by atoms with Gasteiger partial charge in [0.1, 0.15) is 5.75 Å². The number of amides is 1. The fourth-order valence-corrected chi connectivity index (χ4v) is 4.39. The average molecular weight is 416 g/mol. The van der Waals surface area contributed by atoms with Crippen molar-refractivity contribution in [1.82, 2.24) is 5.32 Å². The second-order valence-electron chi connectivity index (χ2n) is 7.67. The van der Waals surface area contributed by atoms with Crippen LogP contribution in [0, 0.1) is 0 Å². The Morgan fingerprint density at radius 1 is 1.10 bits per heavy atom. The summed E-state index contributed by atoms with van der Waals surface area (Å²) in [5.74, 6) is 0.618. The van der Waals surface area contributed by atoms with Gasteiger partial charge >= 0.3 is 0 Å². The van der Waals surface area contributed by atoms with Gasteiger partial charge in [0, 0.05) is 6.26 Å². The Morgan fingerprint density at radius 2 is 1.79 bits per heavy atom. The fraction of sp³-hybridized carbons (Fsp3) is 0.435. The van der Waals surface area contributed by atoms with E-state index in [-0.39, 0.29) is 16.8 Å². The van der Waals surface area contributed by atoms with Gasteiger partial charge in [-0.15, -0.1) is 0 Å². The molecule has 156 valence electrons. The van der Waals surface area contributed by atoms with E-state index in [9.17, 15) is 13.2 Å². The van der Waals surface area contributed by atoms with Crippen LogP contribution < -0.4 is 10.1 Å². The van der Waals surface area contributed by atoms with Gasteiger partial charge < -0.3 is 10.1 Å². The molecule has 6 heteroatoms. The highest BCUT2D eigenvalue weighted by molar-refractivity contribution is 7.90. The summed E-state index contributed by atoms with van der Waals surface area (Å²) in [4.78, 5) is 13.0. The van der Waals surface area contributed by atoms with Crippen LogP contribution in [0.1, 0.15) is 55.8 Å². The number of benzene rings is 2. The minimum Gasteiger partial charge on any atom is -0.481 e. The van der Waals surface area contributed by atoms with E-state index in [1.807, 2.05) is 19.1 Å². The summed E-state index contributed by atoms with van der Waals surface area (Å²) in [7, 11) is -3.24. The monoisotopic (exact) mass is 415 g/mol. The Morgan fingerprint density at radius 3 is 2.45 bits per heavy atom. The van der Waals surface area contributed by atoms with Gasteiger partial charge in [-0.2, -0.15) is 0 Å². The summed E-state index contributed by atoms with van der Waals surface area (Å²) in [6.07, 6.45) is 5.66. The van der Waals surface area contributed by atoms with Crippen molar-refractivity contribution in [2.45, 2.75) is 63.0 Å². The number of rotatable bonds is 7. The Bertz CT molecular complexity index is 967. The number of hydrogen-bond acceptors (Lipinski definition) is 4. The molecule has 2 aromatic carbocycles. The number of sulfone groups is 1. The Balaban J connectivity index is 1.68. The first-order valence-corrected chi connectivity index (χ1v) is 12.1. The molecular formula is C23H29NO4S. The molecule has 0 fully saturated rings. The molecule has 2 aromatic rings. The van der Waals surface area contributed by atoms with Crippen LogP contribution in [-0.2, 0) is 27.5 Å². The third kappa shape index (κ3) is 5.18. The zero-order valence-electron chi connectivity index (χ0n) is 17.3. The number of carbonyl (C=O) groups is 1. The molecule has 1 aliphatic carbocycles. The second-order valence-corrected chi connectivity index (χ2v) is 9.69. The lowest BCUT2D eigenvalue weighted by Crippen LogP contribution is -2.38. The first-order chi connectivity index (χ1) is 13.8. The maximum Gasteiger partial charge on any atom is 0.261 e. The number of hydrogen-bond donors (Lipinski definition) is 1. The highest BCUT2D eigenvalue weighted by atomic mass is 32.2. The molecule has 0 radical (unpaired) electrons. The molecule has 1 N–H and O–H groups in total. The lowest BCUT2D eigenvalue weighted by Gasteiger charge is -2.24. The van der Waals surface area contributed by atoms with Gasteiger partial charge in [-0.3, -0.25) is 4.79 Å². The molecule has 0 bridgehead atoms. The minimum absolute atomic E-state index is 0.183. The van der Waals surface area contributed by atoms with Crippen molar-refractivity contribution in [2.75, 3.05) is 6.26 Å². The quantitative estimate of drug-likeness (QED) is 0.742. The lowest BCUT2D eigenvalue weighted by molar-refractivity contribution is -0.128. The zero-order valence-corrected chi connectivity index (χ0v) is 18.1. The fourth-order valence-electron chi connectivity index (χ4n) is 3.76. The topological polar surface area (TPSA) is 72.5 Å². The average Bonchev–Trinajstić information content (AvgIpc) is 2.71. The van der Waals surface area contributed by atoms with Crippen LogP contribution in [0.5, 0.6) is 5.75 Å². The summed E-state index contributed by atoms with van der Waals surface area (Å²) in [6.45, 7) is 3.74. The molecule has 0 spiro atoms. The summed E-state index contributed by atoms with van der Waals surface area (Å²) < 4.78 is 29.3. The van der Waals surface area contributed by atoms with Crippen LogP contribution in [0.25, 0.3) is 0 Å². The maximum atomic E-state index is 12.8. The minimum atomic E-state index is -3.24. The van der Waals surface area contributed by atoms with Gasteiger partial charge in [-0.05, 0) is 73.9 Å². The number of carbonyl (C=O) groups excluding carboxylic acids is 1. The summed E-state index contributed by atoms with van der Waals surface area (Å²) in [5, 5.41) is 3.03. The molecule has 0 saturated heterocycles. The van der Waals surface area contributed by atoms with E-state index in [2.05, 4.69) is 11.4 Å². The molecule has 1 aliphatic rings. The number of fused-ring (bicyclic) bond motifs is 1. The molecule has 0 heterocycles. The number of nitrogens with one attached hydrogen (secondary N) is 1. The van der Waals surface area contributed by atoms with Gasteiger partial charge in [0.25, 0.3) is 5.91 Å². The Hall–Kier alpha value is -2.34. The van der Waals surface area contributed by atoms with Crippen LogP contribution in [-0.4, -0.2) is 26.7 Å². The van der Waals surface area contributed by atoms with Crippen molar-refractivity contribution < 1.29 is 17.9 Å². The molecule has 0 aliphatic heterocycles. The normalized spacial score (nSPS) is 15.8. The smallest absolute Gasteiger partial charge is 0.261 e. The SMILES string of the molecule is CC[C@@H](NC(=O)[C@@H](C)Oc1cccc2c1CCCC2)c1ccc(S(C)(=O)=O)cc1. The lowest BCUT2D eigenvalue weighted by atomic mass is 9.91. The van der Waals surface area contributed by atoms with Crippen molar-refractivity contribution in [3.05, 3.63) is 59.2 Å². The molecule has 0 unspecified atom stereocenters. The second kappa shape index (κ2) is 8.99. The standard InChI is InChI=1S/C23H29NO4S/c1-4-21(18-12-14-19(15-13-18)29(3,26)27)24-23(25)16(2)28-22-11-7-9-17-8-5-6-10-20(17)22/h7,9,11-16,21H,4-6,8,10H2,1-3H3,(H,24,25)/t16-,21-/m1/s1. The van der Waals surface area contributed by atoms with Crippen molar-refractivity contribution in [1.29, 1.82) is 0 Å². The van der Waals surface area contributed by atoms with Crippen LogP contribution in [0.15, 0.2) is 47.4 Å². The predicted octanol–water partition coefficient (Wildman–Crippen LogP) is 4.00. The molecule has 29 heavy (non-hydrogen) atoms. The predicted molar refractivity (Wildman–Crippen MR) is 114 cm³/mol. The van der Waals surface area contributed by atoms with Crippen molar-refractivity contribution in [2.24, 2.45) is 0 Å². The van der Waals surface area contributed by atoms with Gasteiger partial charge in [0.15, 0.2) is 15.9 Å². The summed E-state index contributed by atoms with van der Waals surface area (Å²) in [6, 6.07) is 12.5. The maximum absolute atomic E-state index is 12.8. The largest absolute Gasteiger partial charge is 0.481 e. The molecule has 0 saturated carbocycles. The van der Waals surface area contributed by atoms with Crippen LogP contribution in [0.3, 0.4) is 0 Å². The third-order valence-electron chi connectivity index (χ3n) is 5.46. The van der Waals surface area contributed by atoms with Gasteiger partial charge in [0.2, 0.25) is 0 Å². The first kappa shape index (κ1) is 21.4. The van der Waals surface area contributed by atoms with E-state index < -0.39 is 15.9 Å². The van der Waals surface area contributed by atoms with Crippen LogP contribution in [0.4, 0.5) is 0 Å². The molecular weight excluding hydrogens is 386 g/mol. The van der Waals surface area contributed by atoms with E-state index in [0.717, 1.165) is 30.6 Å². The Kier molecular flexibility index (Phi) is 6.63. The van der Waals surface area contributed by atoms with E-state index in [1.54, 1.807) is 31.2 Å². The van der Waals surface area contributed by atoms with E-state index >= 15 is 0 Å². The summed E-state index contributed by atoms with van der Waals surface area (Å²) >= 11 is 0. The van der Waals surface area contributed by atoms with Crippen LogP contribution in [0.2, 0.25) is 0 Å². The molecule has 1 amide bonds. The van der Waals surface area contributed by atoms with E-state index in [4.69, 9.17) is 4.74 Å². The number of ether oxygens (including phenoxy) is 1. The molecule has 5 nitrogen and oxygen atoms in total. The van der Waals surface area contributed by atoms with Crippen molar-refractivity contribution in [3.63, 3.8) is 0 Å². The highest BCUT2D eigenvalue weighted by Gasteiger charge is 2.22. The van der Waals surface area contributed by atoms with Gasteiger partial charge in [-0.25, -0.2) is 8.42 Å². The van der Waals surface area contributed by atoms with Gasteiger partial charge in [-0.1, -0.05) is 31.2 Å². The first-order valence-electron chi connectivity index (χ1n) is 10.2. The van der Waals surface area contributed by atoms with Gasteiger partial charge in [0.05, 0.1) is 10.9 Å². The zero-order chi connectivity index (χ0) is 21.0. The number of aryl methyl sites for hydroxylation is 1. The highest BCUT2D eigenvalue weighted by Crippen LogP contribution is 2.30.